The fraction of sp³-hybridized carbons (Fsp3) is 0.458. The van der Waals surface area contributed by atoms with E-state index in [1.165, 1.54) is 5.69 Å². The van der Waals surface area contributed by atoms with Gasteiger partial charge in [0.05, 0.1) is 17.9 Å². The van der Waals surface area contributed by atoms with Crippen LogP contribution in [0.1, 0.15) is 60.0 Å². The Bertz CT molecular complexity index is 1010. The monoisotopic (exact) mass is 420 g/mol. The summed E-state index contributed by atoms with van der Waals surface area (Å²) in [6.07, 6.45) is 4.78. The van der Waals surface area contributed by atoms with Crippen LogP contribution in [0.15, 0.2) is 42.6 Å². The van der Waals surface area contributed by atoms with Crippen LogP contribution in [0.25, 0.3) is 0 Å². The predicted octanol–water partition coefficient (Wildman–Crippen LogP) is 4.20. The van der Waals surface area contributed by atoms with Crippen LogP contribution in [0.3, 0.4) is 0 Å². The molecule has 3 heterocycles. The summed E-state index contributed by atoms with van der Waals surface area (Å²) < 4.78 is 1.98. The predicted molar refractivity (Wildman–Crippen MR) is 122 cm³/mol. The number of aryl methyl sites for hydroxylation is 1. The number of nitrogens with one attached hydrogen (secondary N) is 2. The summed E-state index contributed by atoms with van der Waals surface area (Å²) in [7, 11) is 0. The molecule has 7 nitrogen and oxygen atoms in total. The normalized spacial score (nSPS) is 15.5. The Hall–Kier alpha value is -2.93. The van der Waals surface area contributed by atoms with Gasteiger partial charge in [-0.05, 0) is 49.8 Å². The zero-order valence-electron chi connectivity index (χ0n) is 18.6. The van der Waals surface area contributed by atoms with E-state index in [1.54, 1.807) is 6.20 Å². The van der Waals surface area contributed by atoms with Crippen molar-refractivity contribution in [3.05, 3.63) is 65.1 Å². The number of rotatable bonds is 7. The molecule has 0 atom stereocenters. The van der Waals surface area contributed by atoms with Gasteiger partial charge in [0, 0.05) is 37.0 Å². The number of carbonyl (C=O) groups is 1. The van der Waals surface area contributed by atoms with Crippen molar-refractivity contribution in [3.63, 3.8) is 0 Å². The third-order valence-electron chi connectivity index (χ3n) is 5.90. The largest absolute Gasteiger partial charge is 0.307 e. The molecule has 1 aliphatic rings. The van der Waals surface area contributed by atoms with Crippen molar-refractivity contribution < 1.29 is 4.79 Å². The quantitative estimate of drug-likeness (QED) is 0.600. The summed E-state index contributed by atoms with van der Waals surface area (Å²) in [6.45, 7) is 9.27. The molecule has 0 aliphatic carbocycles. The zero-order valence-corrected chi connectivity index (χ0v) is 18.6. The van der Waals surface area contributed by atoms with E-state index in [9.17, 15) is 4.79 Å². The Morgan fingerprint density at radius 1 is 1.23 bits per heavy atom. The Labute approximate surface area is 183 Å². The molecule has 2 aromatic heterocycles. The minimum Gasteiger partial charge on any atom is -0.307 e. The number of aromatic nitrogens is 4. The molecule has 0 spiro atoms. The topological polar surface area (TPSA) is 78.8 Å². The summed E-state index contributed by atoms with van der Waals surface area (Å²) >= 11 is 0. The third-order valence-corrected chi connectivity index (χ3v) is 5.90. The number of hydrogen-bond donors (Lipinski definition) is 2. The van der Waals surface area contributed by atoms with Gasteiger partial charge in [0.25, 0.3) is 5.91 Å². The van der Waals surface area contributed by atoms with Crippen molar-refractivity contribution in [2.45, 2.75) is 52.6 Å². The standard InChI is InChI=1S/C24H32N6O/c1-17(2)14-19-15-20(28-27-19)16-29-12-9-21(10-13-29)30-23(8-11-25-30)26-24(31)22-7-5-4-6-18(22)3/h4-8,11,15,17,21H,9-10,12-14,16H2,1-3H3,(H,26,31)(H,27,28). The highest BCUT2D eigenvalue weighted by Crippen LogP contribution is 2.26. The van der Waals surface area contributed by atoms with Gasteiger partial charge in [-0.1, -0.05) is 32.0 Å². The highest BCUT2D eigenvalue weighted by atomic mass is 16.1. The van der Waals surface area contributed by atoms with Gasteiger partial charge in [-0.15, -0.1) is 0 Å². The molecule has 0 bridgehead atoms. The highest BCUT2D eigenvalue weighted by Gasteiger charge is 2.24. The summed E-state index contributed by atoms with van der Waals surface area (Å²) in [5, 5.41) is 15.2. The van der Waals surface area contributed by atoms with E-state index in [-0.39, 0.29) is 11.9 Å². The maximum absolute atomic E-state index is 12.7. The van der Waals surface area contributed by atoms with Crippen LogP contribution in [0.4, 0.5) is 5.82 Å². The van der Waals surface area contributed by atoms with E-state index in [1.807, 2.05) is 41.9 Å². The van der Waals surface area contributed by atoms with Crippen LogP contribution in [0, 0.1) is 12.8 Å². The van der Waals surface area contributed by atoms with E-state index in [4.69, 9.17) is 0 Å². The number of nitrogens with zero attached hydrogens (tertiary/aromatic N) is 4. The molecule has 164 valence electrons. The van der Waals surface area contributed by atoms with Crippen LogP contribution < -0.4 is 5.32 Å². The van der Waals surface area contributed by atoms with Gasteiger partial charge in [0.2, 0.25) is 0 Å². The Morgan fingerprint density at radius 2 is 2.00 bits per heavy atom. The van der Waals surface area contributed by atoms with E-state index in [0.29, 0.717) is 11.5 Å². The van der Waals surface area contributed by atoms with Crippen molar-refractivity contribution in [2.75, 3.05) is 18.4 Å². The van der Waals surface area contributed by atoms with E-state index in [2.05, 4.69) is 45.4 Å². The molecule has 1 saturated heterocycles. The Kier molecular flexibility index (Phi) is 6.51. The minimum atomic E-state index is -0.0891. The molecular formula is C24H32N6O. The lowest BCUT2D eigenvalue weighted by Crippen LogP contribution is -2.35. The summed E-state index contributed by atoms with van der Waals surface area (Å²) in [5.74, 6) is 1.29. The van der Waals surface area contributed by atoms with Gasteiger partial charge in [0.1, 0.15) is 5.82 Å². The van der Waals surface area contributed by atoms with Crippen molar-refractivity contribution >= 4 is 11.7 Å². The summed E-state index contributed by atoms with van der Waals surface area (Å²) in [4.78, 5) is 15.2. The van der Waals surface area contributed by atoms with Crippen LogP contribution in [-0.4, -0.2) is 43.9 Å². The average molecular weight is 421 g/mol. The van der Waals surface area contributed by atoms with Gasteiger partial charge in [0.15, 0.2) is 0 Å². The van der Waals surface area contributed by atoms with Crippen molar-refractivity contribution in [1.29, 1.82) is 0 Å². The van der Waals surface area contributed by atoms with E-state index >= 15 is 0 Å². The summed E-state index contributed by atoms with van der Waals surface area (Å²) in [6, 6.07) is 12.0. The smallest absolute Gasteiger partial charge is 0.257 e. The van der Waals surface area contributed by atoms with Gasteiger partial charge >= 0.3 is 0 Å². The number of hydrogen-bond acceptors (Lipinski definition) is 4. The maximum atomic E-state index is 12.7. The lowest BCUT2D eigenvalue weighted by atomic mass is 10.0. The second kappa shape index (κ2) is 9.47. The van der Waals surface area contributed by atoms with Crippen molar-refractivity contribution in [3.8, 4) is 0 Å². The first-order valence-electron chi connectivity index (χ1n) is 11.2. The molecule has 4 rings (SSSR count). The second-order valence-corrected chi connectivity index (χ2v) is 8.92. The number of likely N-dealkylation sites (tertiary alicyclic amines) is 1. The van der Waals surface area contributed by atoms with Gasteiger partial charge in [-0.3, -0.25) is 14.8 Å². The number of piperidine rings is 1. The molecule has 1 aliphatic heterocycles. The van der Waals surface area contributed by atoms with Gasteiger partial charge < -0.3 is 5.32 Å². The Balaban J connectivity index is 1.33. The molecule has 0 unspecified atom stereocenters. The van der Waals surface area contributed by atoms with Crippen LogP contribution in [0.5, 0.6) is 0 Å². The number of benzene rings is 1. The molecule has 7 heteroatoms. The number of amides is 1. The van der Waals surface area contributed by atoms with Gasteiger partial charge in [-0.2, -0.15) is 10.2 Å². The SMILES string of the molecule is Cc1ccccc1C(=O)Nc1ccnn1C1CCN(Cc2cc(CC(C)C)n[nH]2)CC1. The molecule has 31 heavy (non-hydrogen) atoms. The van der Waals surface area contributed by atoms with Crippen LogP contribution in [0.2, 0.25) is 0 Å². The molecular weight excluding hydrogens is 388 g/mol. The number of H-pyrrole nitrogens is 1. The van der Waals surface area contributed by atoms with E-state index < -0.39 is 0 Å². The summed E-state index contributed by atoms with van der Waals surface area (Å²) in [5.41, 5.74) is 3.99. The van der Waals surface area contributed by atoms with Crippen LogP contribution in [-0.2, 0) is 13.0 Å². The molecule has 0 saturated carbocycles. The zero-order chi connectivity index (χ0) is 21.8. The van der Waals surface area contributed by atoms with Gasteiger partial charge in [-0.25, -0.2) is 4.68 Å². The third kappa shape index (κ3) is 5.22. The maximum Gasteiger partial charge on any atom is 0.257 e. The molecule has 2 N–H and O–H groups in total. The second-order valence-electron chi connectivity index (χ2n) is 8.92. The Morgan fingerprint density at radius 3 is 2.74 bits per heavy atom. The van der Waals surface area contributed by atoms with Crippen LogP contribution >= 0.6 is 0 Å². The number of anilines is 1. The molecule has 1 aromatic carbocycles. The first-order valence-corrected chi connectivity index (χ1v) is 11.2. The fourth-order valence-electron chi connectivity index (χ4n) is 4.29. The number of carbonyl (C=O) groups excluding carboxylic acids is 1. The lowest BCUT2D eigenvalue weighted by Gasteiger charge is -2.32. The lowest BCUT2D eigenvalue weighted by molar-refractivity contribution is 0.102. The fourth-order valence-corrected chi connectivity index (χ4v) is 4.29. The first kappa shape index (κ1) is 21.3. The van der Waals surface area contributed by atoms with Crippen molar-refractivity contribution in [1.82, 2.24) is 24.9 Å². The molecule has 3 aromatic rings. The molecule has 1 amide bonds. The highest BCUT2D eigenvalue weighted by molar-refractivity contribution is 6.04. The minimum absolute atomic E-state index is 0.0891. The molecule has 0 radical (unpaired) electrons. The molecule has 1 fully saturated rings. The average Bonchev–Trinajstić information content (AvgIpc) is 3.38. The first-order chi connectivity index (χ1) is 15.0. The van der Waals surface area contributed by atoms with Crippen molar-refractivity contribution in [2.24, 2.45) is 5.92 Å². The van der Waals surface area contributed by atoms with E-state index in [0.717, 1.165) is 56.0 Å². The number of aromatic amines is 1.